The topological polar surface area (TPSA) is 35.5 Å². The SMILES string of the molecule is COC1(C2=CCCCO2)CC1C(C)=O. The van der Waals surface area contributed by atoms with Crippen molar-refractivity contribution in [3.63, 3.8) is 0 Å². The maximum Gasteiger partial charge on any atom is 0.136 e. The van der Waals surface area contributed by atoms with Gasteiger partial charge in [-0.3, -0.25) is 4.79 Å². The molecule has 0 aromatic carbocycles. The van der Waals surface area contributed by atoms with E-state index in [1.165, 1.54) is 0 Å². The van der Waals surface area contributed by atoms with Gasteiger partial charge in [-0.2, -0.15) is 0 Å². The van der Waals surface area contributed by atoms with Crippen LogP contribution < -0.4 is 0 Å². The van der Waals surface area contributed by atoms with Crippen LogP contribution in [0.2, 0.25) is 0 Å². The van der Waals surface area contributed by atoms with Crippen LogP contribution in [0.5, 0.6) is 0 Å². The van der Waals surface area contributed by atoms with E-state index in [9.17, 15) is 4.79 Å². The van der Waals surface area contributed by atoms with Gasteiger partial charge in [0.15, 0.2) is 0 Å². The van der Waals surface area contributed by atoms with Crippen molar-refractivity contribution in [3.8, 4) is 0 Å². The van der Waals surface area contributed by atoms with Crippen molar-refractivity contribution in [3.05, 3.63) is 11.8 Å². The Morgan fingerprint density at radius 1 is 1.71 bits per heavy atom. The number of carbonyl (C=O) groups is 1. The van der Waals surface area contributed by atoms with Crippen molar-refractivity contribution in [2.75, 3.05) is 13.7 Å². The molecule has 3 heteroatoms. The van der Waals surface area contributed by atoms with Crippen molar-refractivity contribution >= 4 is 5.78 Å². The van der Waals surface area contributed by atoms with Gasteiger partial charge >= 0.3 is 0 Å². The Morgan fingerprint density at radius 2 is 2.50 bits per heavy atom. The molecule has 0 aromatic heterocycles. The number of methoxy groups -OCH3 is 1. The van der Waals surface area contributed by atoms with Gasteiger partial charge in [0, 0.05) is 7.11 Å². The molecule has 3 nitrogen and oxygen atoms in total. The van der Waals surface area contributed by atoms with E-state index < -0.39 is 5.60 Å². The first kappa shape index (κ1) is 9.71. The summed E-state index contributed by atoms with van der Waals surface area (Å²) in [7, 11) is 1.65. The van der Waals surface area contributed by atoms with Crippen molar-refractivity contribution in [1.29, 1.82) is 0 Å². The minimum atomic E-state index is -0.410. The normalized spacial score (nSPS) is 35.9. The molecule has 2 unspecified atom stereocenters. The van der Waals surface area contributed by atoms with Gasteiger partial charge in [-0.15, -0.1) is 0 Å². The van der Waals surface area contributed by atoms with Crippen LogP contribution in [0.4, 0.5) is 0 Å². The van der Waals surface area contributed by atoms with E-state index in [-0.39, 0.29) is 11.7 Å². The molecule has 0 spiro atoms. The number of ether oxygens (including phenoxy) is 2. The van der Waals surface area contributed by atoms with Crippen molar-refractivity contribution < 1.29 is 14.3 Å². The molecule has 0 saturated heterocycles. The lowest BCUT2D eigenvalue weighted by molar-refractivity contribution is -0.120. The monoisotopic (exact) mass is 196 g/mol. The first-order valence-corrected chi connectivity index (χ1v) is 5.10. The van der Waals surface area contributed by atoms with E-state index >= 15 is 0 Å². The van der Waals surface area contributed by atoms with Gasteiger partial charge in [0.1, 0.15) is 17.1 Å². The molecule has 2 atom stereocenters. The maximum absolute atomic E-state index is 11.3. The largest absolute Gasteiger partial charge is 0.495 e. The molecule has 1 heterocycles. The molecule has 0 N–H and O–H groups in total. The Labute approximate surface area is 84.1 Å². The molecule has 1 aliphatic heterocycles. The second-order valence-corrected chi connectivity index (χ2v) is 4.02. The van der Waals surface area contributed by atoms with Gasteiger partial charge in [0.05, 0.1) is 12.5 Å². The first-order chi connectivity index (χ1) is 6.70. The molecule has 0 radical (unpaired) electrons. The third-order valence-corrected chi connectivity index (χ3v) is 3.12. The first-order valence-electron chi connectivity index (χ1n) is 5.10. The Bertz CT molecular complexity index is 282. The van der Waals surface area contributed by atoms with Crippen LogP contribution in [0, 0.1) is 5.92 Å². The highest BCUT2D eigenvalue weighted by molar-refractivity contribution is 5.84. The Hall–Kier alpha value is -0.830. The Morgan fingerprint density at radius 3 is 2.93 bits per heavy atom. The highest BCUT2D eigenvalue weighted by Crippen LogP contribution is 2.53. The fourth-order valence-electron chi connectivity index (χ4n) is 2.17. The van der Waals surface area contributed by atoms with Crippen LogP contribution in [-0.2, 0) is 14.3 Å². The van der Waals surface area contributed by atoms with Gasteiger partial charge in [-0.1, -0.05) is 0 Å². The van der Waals surface area contributed by atoms with Crippen LogP contribution in [0.25, 0.3) is 0 Å². The lowest BCUT2D eigenvalue weighted by Gasteiger charge is -2.23. The van der Waals surface area contributed by atoms with Crippen LogP contribution in [0.15, 0.2) is 11.8 Å². The standard InChI is InChI=1S/C11H16O3/c1-8(12)9-7-11(9,13-2)10-5-3-4-6-14-10/h5,9H,3-4,6-7H2,1-2H3. The van der Waals surface area contributed by atoms with E-state index in [2.05, 4.69) is 6.08 Å². The molecule has 78 valence electrons. The molecule has 0 aromatic rings. The number of Topliss-reactive ketones (excluding diaryl/α,β-unsaturated/α-hetero) is 1. The summed E-state index contributed by atoms with van der Waals surface area (Å²) >= 11 is 0. The van der Waals surface area contributed by atoms with Gasteiger partial charge < -0.3 is 9.47 Å². The fraction of sp³-hybridized carbons (Fsp3) is 0.727. The third kappa shape index (κ3) is 1.36. The van der Waals surface area contributed by atoms with Gasteiger partial charge in [0.2, 0.25) is 0 Å². The molecule has 0 amide bonds. The summed E-state index contributed by atoms with van der Waals surface area (Å²) in [6, 6.07) is 0. The van der Waals surface area contributed by atoms with Crippen molar-refractivity contribution in [2.45, 2.75) is 31.8 Å². The predicted molar refractivity (Wildman–Crippen MR) is 51.8 cm³/mol. The van der Waals surface area contributed by atoms with Crippen LogP contribution in [0.3, 0.4) is 0 Å². The molecule has 14 heavy (non-hydrogen) atoms. The summed E-state index contributed by atoms with van der Waals surface area (Å²) < 4.78 is 11.0. The van der Waals surface area contributed by atoms with E-state index in [0.29, 0.717) is 0 Å². The van der Waals surface area contributed by atoms with Crippen LogP contribution >= 0.6 is 0 Å². The summed E-state index contributed by atoms with van der Waals surface area (Å²) in [6.45, 7) is 2.37. The maximum atomic E-state index is 11.3. The molecule has 0 bridgehead atoms. The zero-order valence-corrected chi connectivity index (χ0v) is 8.71. The average Bonchev–Trinajstić information content (AvgIpc) is 2.95. The molecule has 1 aliphatic carbocycles. The van der Waals surface area contributed by atoms with Crippen LogP contribution in [0.1, 0.15) is 26.2 Å². The quantitative estimate of drug-likeness (QED) is 0.688. The third-order valence-electron chi connectivity index (χ3n) is 3.12. The van der Waals surface area contributed by atoms with E-state index in [4.69, 9.17) is 9.47 Å². The summed E-state index contributed by atoms with van der Waals surface area (Å²) in [4.78, 5) is 11.3. The molecule has 1 fully saturated rings. The second kappa shape index (κ2) is 3.39. The number of carbonyl (C=O) groups excluding carboxylic acids is 1. The van der Waals surface area contributed by atoms with Gasteiger partial charge in [0.25, 0.3) is 0 Å². The number of allylic oxidation sites excluding steroid dienone is 1. The van der Waals surface area contributed by atoms with Crippen molar-refractivity contribution in [1.82, 2.24) is 0 Å². The zero-order chi connectivity index (χ0) is 10.2. The number of hydrogen-bond acceptors (Lipinski definition) is 3. The highest BCUT2D eigenvalue weighted by Gasteiger charge is 2.61. The summed E-state index contributed by atoms with van der Waals surface area (Å²) in [5, 5.41) is 0. The van der Waals surface area contributed by atoms with Crippen LogP contribution in [-0.4, -0.2) is 25.1 Å². The molecule has 1 saturated carbocycles. The van der Waals surface area contributed by atoms with E-state index in [1.807, 2.05) is 0 Å². The minimum Gasteiger partial charge on any atom is -0.495 e. The smallest absolute Gasteiger partial charge is 0.136 e. The van der Waals surface area contributed by atoms with Crippen molar-refractivity contribution in [2.24, 2.45) is 5.92 Å². The molecular formula is C11H16O3. The van der Waals surface area contributed by atoms with E-state index in [1.54, 1.807) is 14.0 Å². The minimum absolute atomic E-state index is 0.0110. The van der Waals surface area contributed by atoms with Gasteiger partial charge in [-0.25, -0.2) is 0 Å². The second-order valence-electron chi connectivity index (χ2n) is 4.02. The lowest BCUT2D eigenvalue weighted by Crippen LogP contribution is -2.25. The fourth-order valence-corrected chi connectivity index (χ4v) is 2.17. The summed E-state index contributed by atoms with van der Waals surface area (Å²) in [5.41, 5.74) is -0.410. The number of hydrogen-bond donors (Lipinski definition) is 0. The molecule has 2 aliphatic rings. The Kier molecular flexibility index (Phi) is 2.35. The highest BCUT2D eigenvalue weighted by atomic mass is 16.5. The van der Waals surface area contributed by atoms with Gasteiger partial charge in [-0.05, 0) is 32.3 Å². The summed E-state index contributed by atoms with van der Waals surface area (Å²) in [6.07, 6.45) is 4.94. The zero-order valence-electron chi connectivity index (χ0n) is 8.71. The molecule has 2 rings (SSSR count). The predicted octanol–water partition coefficient (Wildman–Crippen LogP) is 1.67. The number of rotatable bonds is 3. The molecular weight excluding hydrogens is 180 g/mol. The number of ketones is 1. The average molecular weight is 196 g/mol. The Balaban J connectivity index is 2.15. The lowest BCUT2D eigenvalue weighted by atomic mass is 10.1. The summed E-state index contributed by atoms with van der Waals surface area (Å²) in [5.74, 6) is 1.09. The van der Waals surface area contributed by atoms with E-state index in [0.717, 1.165) is 31.6 Å².